The second-order valence-electron chi connectivity index (χ2n) is 5.57. The van der Waals surface area contributed by atoms with E-state index in [4.69, 9.17) is 21.3 Å². The summed E-state index contributed by atoms with van der Waals surface area (Å²) in [5, 5.41) is 9.21. The molecule has 0 aliphatic heterocycles. The number of halogens is 1. The molecule has 0 radical (unpaired) electrons. The number of fused-ring (bicyclic) bond motifs is 1. The molecular formula is C20H15ClN2OS. The van der Waals surface area contributed by atoms with Crippen LogP contribution in [0.25, 0.3) is 22.0 Å². The molecular weight excluding hydrogens is 352 g/mol. The fourth-order valence-corrected chi connectivity index (χ4v) is 3.61. The molecule has 0 aliphatic rings. The second-order valence-corrected chi connectivity index (χ2v) is 6.86. The number of hydrogen-bond donors (Lipinski definition) is 1. The Bertz CT molecular complexity index is 1040. The van der Waals surface area contributed by atoms with Gasteiger partial charge < -0.3 is 10.1 Å². The van der Waals surface area contributed by atoms with E-state index in [1.807, 2.05) is 29.6 Å². The number of thiazole rings is 1. The third-order valence-corrected chi connectivity index (χ3v) is 4.95. The predicted octanol–water partition coefficient (Wildman–Crippen LogP) is 6.37. The highest BCUT2D eigenvalue weighted by atomic mass is 35.5. The average molecular weight is 367 g/mol. The lowest BCUT2D eigenvalue weighted by molar-refractivity contribution is 0.417. The van der Waals surface area contributed by atoms with E-state index in [-0.39, 0.29) is 0 Å². The van der Waals surface area contributed by atoms with Crippen molar-refractivity contribution in [2.24, 2.45) is 0 Å². The Morgan fingerprint density at radius 3 is 2.68 bits per heavy atom. The molecule has 3 aromatic carbocycles. The van der Waals surface area contributed by atoms with E-state index in [1.165, 1.54) is 10.8 Å². The molecule has 0 aliphatic carbocycles. The van der Waals surface area contributed by atoms with Crippen LogP contribution in [0.15, 0.2) is 66.0 Å². The Kier molecular flexibility index (Phi) is 4.30. The molecule has 124 valence electrons. The summed E-state index contributed by atoms with van der Waals surface area (Å²) in [6.45, 7) is 0. The zero-order chi connectivity index (χ0) is 17.2. The molecule has 0 saturated carbocycles. The maximum atomic E-state index is 6.08. The van der Waals surface area contributed by atoms with E-state index in [0.29, 0.717) is 5.02 Å². The Labute approximate surface area is 154 Å². The zero-order valence-electron chi connectivity index (χ0n) is 13.5. The highest BCUT2D eigenvalue weighted by Gasteiger charge is 2.09. The minimum atomic E-state index is 0.648. The number of nitrogens with zero attached hydrogens (tertiary/aromatic N) is 1. The van der Waals surface area contributed by atoms with Gasteiger partial charge in [-0.05, 0) is 35.0 Å². The van der Waals surface area contributed by atoms with Crippen LogP contribution in [0.1, 0.15) is 0 Å². The topological polar surface area (TPSA) is 34.1 Å². The first kappa shape index (κ1) is 15.9. The summed E-state index contributed by atoms with van der Waals surface area (Å²) in [4.78, 5) is 4.70. The standard InChI is InChI=1S/C20H15ClN2OS/c1-24-19-9-8-16(21)11-17(19)22-20-23-18(12-25-20)15-7-6-13-4-2-3-5-14(13)10-15/h2-12H,1H3,(H,22,23). The van der Waals surface area contributed by atoms with E-state index in [1.54, 1.807) is 24.5 Å². The summed E-state index contributed by atoms with van der Waals surface area (Å²) in [5.74, 6) is 0.729. The molecule has 25 heavy (non-hydrogen) atoms. The van der Waals surface area contributed by atoms with Gasteiger partial charge in [-0.3, -0.25) is 0 Å². The van der Waals surface area contributed by atoms with Crippen molar-refractivity contribution in [1.29, 1.82) is 0 Å². The van der Waals surface area contributed by atoms with E-state index in [9.17, 15) is 0 Å². The lowest BCUT2D eigenvalue weighted by Crippen LogP contribution is -1.94. The van der Waals surface area contributed by atoms with Crippen molar-refractivity contribution in [2.75, 3.05) is 12.4 Å². The van der Waals surface area contributed by atoms with Crippen LogP contribution in [0.3, 0.4) is 0 Å². The van der Waals surface area contributed by atoms with Crippen LogP contribution in [0.4, 0.5) is 10.8 Å². The van der Waals surface area contributed by atoms with E-state index < -0.39 is 0 Å². The summed E-state index contributed by atoms with van der Waals surface area (Å²) in [6.07, 6.45) is 0. The van der Waals surface area contributed by atoms with Crippen molar-refractivity contribution in [3.8, 4) is 17.0 Å². The molecule has 0 fully saturated rings. The molecule has 0 atom stereocenters. The number of benzene rings is 3. The van der Waals surface area contributed by atoms with Gasteiger partial charge in [-0.15, -0.1) is 11.3 Å². The molecule has 0 saturated heterocycles. The Morgan fingerprint density at radius 1 is 1.00 bits per heavy atom. The molecule has 0 bridgehead atoms. The van der Waals surface area contributed by atoms with Gasteiger partial charge in [-0.1, -0.05) is 48.0 Å². The van der Waals surface area contributed by atoms with Gasteiger partial charge in [0.2, 0.25) is 0 Å². The zero-order valence-corrected chi connectivity index (χ0v) is 15.1. The van der Waals surface area contributed by atoms with Crippen LogP contribution in [-0.2, 0) is 0 Å². The number of rotatable bonds is 4. The largest absolute Gasteiger partial charge is 0.495 e. The average Bonchev–Trinajstić information content (AvgIpc) is 3.10. The first-order chi connectivity index (χ1) is 12.2. The number of ether oxygens (including phenoxy) is 1. The van der Waals surface area contributed by atoms with Gasteiger partial charge in [0.05, 0.1) is 18.5 Å². The van der Waals surface area contributed by atoms with E-state index in [0.717, 1.165) is 27.8 Å². The van der Waals surface area contributed by atoms with Gasteiger partial charge in [0.15, 0.2) is 5.13 Å². The van der Waals surface area contributed by atoms with Gasteiger partial charge in [-0.2, -0.15) is 0 Å². The second kappa shape index (κ2) is 6.75. The first-order valence-corrected chi connectivity index (χ1v) is 9.04. The molecule has 0 unspecified atom stereocenters. The minimum Gasteiger partial charge on any atom is -0.495 e. The van der Waals surface area contributed by atoms with Gasteiger partial charge in [0.25, 0.3) is 0 Å². The SMILES string of the molecule is COc1ccc(Cl)cc1Nc1nc(-c2ccc3ccccc3c2)cs1. The molecule has 1 aromatic heterocycles. The number of hydrogen-bond acceptors (Lipinski definition) is 4. The normalized spacial score (nSPS) is 10.8. The highest BCUT2D eigenvalue weighted by molar-refractivity contribution is 7.14. The molecule has 4 aromatic rings. The van der Waals surface area contributed by atoms with Gasteiger partial charge in [0.1, 0.15) is 5.75 Å². The lowest BCUT2D eigenvalue weighted by Gasteiger charge is -2.09. The maximum Gasteiger partial charge on any atom is 0.187 e. The third kappa shape index (κ3) is 3.31. The summed E-state index contributed by atoms with van der Waals surface area (Å²) in [7, 11) is 1.64. The van der Waals surface area contributed by atoms with Crippen molar-refractivity contribution < 1.29 is 4.74 Å². The Hall–Kier alpha value is -2.56. The van der Waals surface area contributed by atoms with Crippen LogP contribution in [-0.4, -0.2) is 12.1 Å². The summed E-state index contributed by atoms with van der Waals surface area (Å²) < 4.78 is 5.37. The van der Waals surface area contributed by atoms with Crippen LogP contribution in [0.5, 0.6) is 5.75 Å². The monoisotopic (exact) mass is 366 g/mol. The van der Waals surface area contributed by atoms with Crippen LogP contribution in [0, 0.1) is 0 Å². The molecule has 0 spiro atoms. The van der Waals surface area contributed by atoms with Crippen molar-refractivity contribution in [2.45, 2.75) is 0 Å². The van der Waals surface area contributed by atoms with Gasteiger partial charge >= 0.3 is 0 Å². The summed E-state index contributed by atoms with van der Waals surface area (Å²) in [5.41, 5.74) is 2.84. The lowest BCUT2D eigenvalue weighted by atomic mass is 10.1. The van der Waals surface area contributed by atoms with Crippen molar-refractivity contribution in [3.05, 3.63) is 71.1 Å². The van der Waals surface area contributed by atoms with E-state index in [2.05, 4.69) is 35.6 Å². The molecule has 1 N–H and O–H groups in total. The van der Waals surface area contributed by atoms with Gasteiger partial charge in [0, 0.05) is 16.0 Å². The third-order valence-electron chi connectivity index (χ3n) is 3.95. The number of anilines is 2. The van der Waals surface area contributed by atoms with Crippen molar-refractivity contribution in [3.63, 3.8) is 0 Å². The van der Waals surface area contributed by atoms with Gasteiger partial charge in [-0.25, -0.2) is 4.98 Å². The first-order valence-electron chi connectivity index (χ1n) is 7.78. The fraction of sp³-hybridized carbons (Fsp3) is 0.0500. The molecule has 3 nitrogen and oxygen atoms in total. The van der Waals surface area contributed by atoms with Crippen molar-refractivity contribution >= 4 is 44.5 Å². The molecule has 1 heterocycles. The Balaban J connectivity index is 1.64. The molecule has 4 rings (SSSR count). The molecule has 0 amide bonds. The molecule has 5 heteroatoms. The van der Waals surface area contributed by atoms with Crippen LogP contribution < -0.4 is 10.1 Å². The summed E-state index contributed by atoms with van der Waals surface area (Å²) >= 11 is 7.63. The minimum absolute atomic E-state index is 0.648. The fourth-order valence-electron chi connectivity index (χ4n) is 2.71. The summed E-state index contributed by atoms with van der Waals surface area (Å²) in [6, 6.07) is 20.2. The highest BCUT2D eigenvalue weighted by Crippen LogP contribution is 2.33. The maximum absolute atomic E-state index is 6.08. The van der Waals surface area contributed by atoms with Crippen LogP contribution in [0.2, 0.25) is 5.02 Å². The smallest absolute Gasteiger partial charge is 0.187 e. The number of aromatic nitrogens is 1. The number of nitrogens with one attached hydrogen (secondary N) is 1. The predicted molar refractivity (Wildman–Crippen MR) is 106 cm³/mol. The quantitative estimate of drug-likeness (QED) is 0.455. The number of methoxy groups -OCH3 is 1. The van der Waals surface area contributed by atoms with Crippen molar-refractivity contribution in [1.82, 2.24) is 4.98 Å². The Morgan fingerprint density at radius 2 is 1.84 bits per heavy atom. The van der Waals surface area contributed by atoms with E-state index >= 15 is 0 Å². The van der Waals surface area contributed by atoms with Crippen LogP contribution >= 0.6 is 22.9 Å².